The second-order valence-corrected chi connectivity index (χ2v) is 7.05. The van der Waals surface area contributed by atoms with Gasteiger partial charge in [-0.05, 0) is 24.3 Å². The zero-order chi connectivity index (χ0) is 18.5. The van der Waals surface area contributed by atoms with Crippen LogP contribution in [0.2, 0.25) is 0 Å². The number of hydrogen-bond acceptors (Lipinski definition) is 2. The molecule has 6 rings (SSSR count). The minimum atomic E-state index is 1.02. The summed E-state index contributed by atoms with van der Waals surface area (Å²) >= 11 is 0. The summed E-state index contributed by atoms with van der Waals surface area (Å²) in [6.07, 6.45) is 0. The first-order valence-corrected chi connectivity index (χ1v) is 9.39. The van der Waals surface area contributed by atoms with Gasteiger partial charge in [0.2, 0.25) is 0 Å². The van der Waals surface area contributed by atoms with Gasteiger partial charge < -0.3 is 9.97 Å². The monoisotopic (exact) mass is 362 g/mol. The maximum Gasteiger partial charge on any atom is 0.0781 e. The lowest BCUT2D eigenvalue weighted by molar-refractivity contribution is 1.41. The van der Waals surface area contributed by atoms with E-state index in [-0.39, 0.29) is 0 Å². The van der Waals surface area contributed by atoms with Crippen molar-refractivity contribution in [3.8, 4) is 0 Å². The Bertz CT molecular complexity index is 1360. The van der Waals surface area contributed by atoms with Crippen molar-refractivity contribution in [3.05, 3.63) is 84.9 Å². The topological polar surface area (TPSA) is 55.6 Å². The van der Waals surface area contributed by atoms with Gasteiger partial charge in [0.1, 0.15) is 0 Å². The molecule has 4 aromatic carbocycles. The molecule has 0 atom stereocenters. The molecule has 0 unspecified atom stereocenters. The zero-order valence-electron chi connectivity index (χ0n) is 15.1. The molecule has 0 amide bonds. The summed E-state index contributed by atoms with van der Waals surface area (Å²) < 4.78 is 0. The molecule has 4 nitrogen and oxygen atoms in total. The van der Waals surface area contributed by atoms with Gasteiger partial charge in [0.25, 0.3) is 0 Å². The minimum Gasteiger partial charge on any atom is -0.353 e. The first-order chi connectivity index (χ1) is 13.9. The Morgan fingerprint density at radius 3 is 1.36 bits per heavy atom. The Morgan fingerprint density at radius 1 is 0.429 bits per heavy atom. The van der Waals surface area contributed by atoms with Gasteiger partial charge in [0, 0.05) is 32.6 Å². The van der Waals surface area contributed by atoms with Gasteiger partial charge in [-0.25, -0.2) is 0 Å². The summed E-state index contributed by atoms with van der Waals surface area (Å²) in [5.41, 5.74) is 13.3. The number of fused-ring (bicyclic) bond motifs is 6. The fourth-order valence-electron chi connectivity index (χ4n) is 4.09. The number of rotatable bonds is 3. The van der Waals surface area contributed by atoms with E-state index in [2.05, 4.69) is 106 Å². The van der Waals surface area contributed by atoms with Gasteiger partial charge >= 0.3 is 0 Å². The highest BCUT2D eigenvalue weighted by molar-refractivity contribution is 6.12. The molecule has 0 saturated heterocycles. The van der Waals surface area contributed by atoms with Crippen molar-refractivity contribution in [3.63, 3.8) is 0 Å². The van der Waals surface area contributed by atoms with Crippen LogP contribution in [0.5, 0.6) is 0 Å². The van der Waals surface area contributed by atoms with E-state index in [1.54, 1.807) is 0 Å². The smallest absolute Gasteiger partial charge is 0.0781 e. The maximum atomic E-state index is 3.53. The van der Waals surface area contributed by atoms with Gasteiger partial charge in [-0.15, -0.1) is 0 Å². The SMILES string of the molecule is c1ccc2c(c1)[nH]c1c(NNc3cccc4c3[nH]c3ccccc34)cccc12. The lowest BCUT2D eigenvalue weighted by Crippen LogP contribution is -2.09. The Hall–Kier alpha value is -3.92. The van der Waals surface area contributed by atoms with E-state index < -0.39 is 0 Å². The molecule has 2 heterocycles. The average molecular weight is 362 g/mol. The van der Waals surface area contributed by atoms with Gasteiger partial charge in [-0.1, -0.05) is 60.7 Å². The Kier molecular flexibility index (Phi) is 3.14. The van der Waals surface area contributed by atoms with Crippen LogP contribution in [0.4, 0.5) is 11.4 Å². The molecular weight excluding hydrogens is 344 g/mol. The summed E-state index contributed by atoms with van der Waals surface area (Å²) in [5.74, 6) is 0. The molecule has 0 bridgehead atoms. The first kappa shape index (κ1) is 15.2. The van der Waals surface area contributed by atoms with Crippen LogP contribution >= 0.6 is 0 Å². The van der Waals surface area contributed by atoms with Crippen molar-refractivity contribution in [1.82, 2.24) is 9.97 Å². The molecule has 0 fully saturated rings. The molecule has 28 heavy (non-hydrogen) atoms. The number of hydrogen-bond donors (Lipinski definition) is 4. The van der Waals surface area contributed by atoms with Crippen LogP contribution < -0.4 is 10.9 Å². The Morgan fingerprint density at radius 2 is 0.857 bits per heavy atom. The minimum absolute atomic E-state index is 1.02. The van der Waals surface area contributed by atoms with E-state index >= 15 is 0 Å². The molecule has 4 N–H and O–H groups in total. The number of aromatic amines is 2. The summed E-state index contributed by atoms with van der Waals surface area (Å²) in [6.45, 7) is 0. The third-order valence-electron chi connectivity index (χ3n) is 5.41. The summed E-state index contributed by atoms with van der Waals surface area (Å²) in [4.78, 5) is 7.06. The predicted octanol–water partition coefficient (Wildman–Crippen LogP) is 6.39. The third-order valence-corrected chi connectivity index (χ3v) is 5.41. The van der Waals surface area contributed by atoms with Crippen molar-refractivity contribution < 1.29 is 0 Å². The molecule has 4 heteroatoms. The van der Waals surface area contributed by atoms with E-state index in [0.717, 1.165) is 33.4 Å². The normalized spacial score (nSPS) is 11.6. The van der Waals surface area contributed by atoms with Crippen LogP contribution in [0, 0.1) is 0 Å². The Balaban J connectivity index is 1.43. The van der Waals surface area contributed by atoms with Crippen LogP contribution in [0.25, 0.3) is 43.6 Å². The van der Waals surface area contributed by atoms with Crippen molar-refractivity contribution in [2.45, 2.75) is 0 Å². The zero-order valence-corrected chi connectivity index (χ0v) is 15.1. The van der Waals surface area contributed by atoms with Crippen molar-refractivity contribution in [2.24, 2.45) is 0 Å². The number of H-pyrrole nitrogens is 2. The van der Waals surface area contributed by atoms with Crippen LogP contribution in [0.3, 0.4) is 0 Å². The lowest BCUT2D eigenvalue weighted by atomic mass is 10.1. The molecule has 134 valence electrons. The quantitative estimate of drug-likeness (QED) is 0.276. The fourth-order valence-corrected chi connectivity index (χ4v) is 4.09. The third kappa shape index (κ3) is 2.18. The lowest BCUT2D eigenvalue weighted by Gasteiger charge is -2.11. The highest BCUT2D eigenvalue weighted by atomic mass is 15.4. The fraction of sp³-hybridized carbons (Fsp3) is 0. The molecular formula is C24H18N4. The molecule has 0 aliphatic carbocycles. The van der Waals surface area contributed by atoms with Crippen LogP contribution in [-0.2, 0) is 0 Å². The first-order valence-electron chi connectivity index (χ1n) is 9.39. The predicted molar refractivity (Wildman–Crippen MR) is 119 cm³/mol. The van der Waals surface area contributed by atoms with Gasteiger partial charge in [0.05, 0.1) is 22.4 Å². The number of hydrazine groups is 1. The van der Waals surface area contributed by atoms with Crippen LogP contribution in [0.15, 0.2) is 84.9 Å². The van der Waals surface area contributed by atoms with E-state index in [1.807, 2.05) is 0 Å². The van der Waals surface area contributed by atoms with E-state index in [4.69, 9.17) is 0 Å². The van der Waals surface area contributed by atoms with Gasteiger partial charge in [-0.3, -0.25) is 10.9 Å². The molecule has 2 aromatic heterocycles. The largest absolute Gasteiger partial charge is 0.353 e. The standard InChI is InChI=1S/C24H18N4/c1-3-11-19-15(7-1)17-9-5-13-21(23(17)25-19)27-28-22-14-6-10-18-16-8-2-4-12-20(16)26-24(18)22/h1-14,25-28H. The van der Waals surface area contributed by atoms with Crippen LogP contribution in [-0.4, -0.2) is 9.97 Å². The molecule has 0 spiro atoms. The summed E-state index contributed by atoms with van der Waals surface area (Å²) in [7, 11) is 0. The van der Waals surface area contributed by atoms with Crippen molar-refractivity contribution >= 4 is 55.0 Å². The molecule has 0 saturated carbocycles. The van der Waals surface area contributed by atoms with E-state index in [9.17, 15) is 0 Å². The molecule has 0 radical (unpaired) electrons. The Labute approximate surface area is 161 Å². The van der Waals surface area contributed by atoms with Crippen molar-refractivity contribution in [1.29, 1.82) is 0 Å². The van der Waals surface area contributed by atoms with Gasteiger partial charge in [0.15, 0.2) is 0 Å². The maximum absolute atomic E-state index is 3.53. The number of aromatic nitrogens is 2. The van der Waals surface area contributed by atoms with Crippen molar-refractivity contribution in [2.75, 3.05) is 10.9 Å². The van der Waals surface area contributed by atoms with E-state index in [1.165, 1.54) is 21.5 Å². The number of benzene rings is 4. The second kappa shape index (κ2) is 5.79. The van der Waals surface area contributed by atoms with E-state index in [0.29, 0.717) is 0 Å². The average Bonchev–Trinajstić information content (AvgIpc) is 3.31. The number of para-hydroxylation sites is 4. The molecule has 6 aromatic rings. The van der Waals surface area contributed by atoms with Crippen LogP contribution in [0.1, 0.15) is 0 Å². The molecule has 0 aliphatic heterocycles. The highest BCUT2D eigenvalue weighted by Gasteiger charge is 2.09. The number of nitrogens with one attached hydrogen (secondary N) is 4. The molecule has 0 aliphatic rings. The summed E-state index contributed by atoms with van der Waals surface area (Å²) in [6, 6.07) is 29.4. The highest BCUT2D eigenvalue weighted by Crippen LogP contribution is 2.32. The number of anilines is 2. The van der Waals surface area contributed by atoms with Gasteiger partial charge in [-0.2, -0.15) is 0 Å². The summed E-state index contributed by atoms with van der Waals surface area (Å²) in [5, 5.41) is 4.90. The second-order valence-electron chi connectivity index (χ2n) is 7.05.